The first kappa shape index (κ1) is 15.6. The molecule has 2 N–H and O–H groups in total. The number of hydrogen-bond acceptors (Lipinski definition) is 4. The Labute approximate surface area is 129 Å². The van der Waals surface area contributed by atoms with Crippen LogP contribution in [-0.2, 0) is 10.0 Å². The van der Waals surface area contributed by atoms with Gasteiger partial charge in [0.15, 0.2) is 0 Å². The van der Waals surface area contributed by atoms with Crippen LogP contribution >= 0.6 is 11.6 Å². The Morgan fingerprint density at radius 2 is 2.00 bits per heavy atom. The second-order valence-corrected chi connectivity index (χ2v) is 6.57. The van der Waals surface area contributed by atoms with Gasteiger partial charge in [0.05, 0.1) is 5.69 Å². The summed E-state index contributed by atoms with van der Waals surface area (Å²) < 4.78 is 27.0. The van der Waals surface area contributed by atoms with Gasteiger partial charge in [-0.3, -0.25) is 4.72 Å². The van der Waals surface area contributed by atoms with E-state index in [1.54, 1.807) is 24.3 Å². The van der Waals surface area contributed by atoms with Crippen LogP contribution in [0.3, 0.4) is 0 Å². The highest BCUT2D eigenvalue weighted by Gasteiger charge is 2.15. The van der Waals surface area contributed by atoms with Crippen LogP contribution in [0, 0.1) is 6.92 Å². The van der Waals surface area contributed by atoms with Crippen molar-refractivity contribution in [1.29, 1.82) is 0 Å². The van der Waals surface area contributed by atoms with E-state index in [9.17, 15) is 8.42 Å². The number of anilines is 2. The van der Waals surface area contributed by atoms with Crippen molar-refractivity contribution < 1.29 is 8.42 Å². The lowest BCUT2D eigenvalue weighted by molar-refractivity contribution is 0.601. The summed E-state index contributed by atoms with van der Waals surface area (Å²) in [5, 5.41) is 3.52. The minimum absolute atomic E-state index is 0.0980. The molecule has 0 aliphatic carbocycles. The number of sulfonamides is 1. The fraction of sp³-hybridized carbons (Fsp3) is 0.214. The zero-order chi connectivity index (χ0) is 15.5. The molecule has 2 rings (SSSR count). The first-order valence-corrected chi connectivity index (χ1v) is 8.27. The molecule has 0 fully saturated rings. The van der Waals surface area contributed by atoms with E-state index in [1.165, 1.54) is 12.3 Å². The van der Waals surface area contributed by atoms with Gasteiger partial charge in [0, 0.05) is 17.8 Å². The fourth-order valence-corrected chi connectivity index (χ4v) is 2.87. The third-order valence-electron chi connectivity index (χ3n) is 2.83. The van der Waals surface area contributed by atoms with Crippen LogP contribution < -0.4 is 10.0 Å². The maximum absolute atomic E-state index is 12.3. The van der Waals surface area contributed by atoms with E-state index in [4.69, 9.17) is 11.6 Å². The van der Waals surface area contributed by atoms with Crippen molar-refractivity contribution in [2.24, 2.45) is 0 Å². The lowest BCUT2D eigenvalue weighted by Gasteiger charge is -2.09. The number of nitrogens with zero attached hydrogens (tertiary/aromatic N) is 1. The van der Waals surface area contributed by atoms with Crippen molar-refractivity contribution >= 4 is 33.1 Å². The fourth-order valence-electron chi connectivity index (χ4n) is 1.70. The van der Waals surface area contributed by atoms with Gasteiger partial charge in [-0.2, -0.15) is 0 Å². The van der Waals surface area contributed by atoms with Crippen LogP contribution in [-0.4, -0.2) is 19.9 Å². The van der Waals surface area contributed by atoms with Gasteiger partial charge in [-0.15, -0.1) is 0 Å². The monoisotopic (exact) mass is 325 g/mol. The number of pyridine rings is 1. The number of hydrogen-bond donors (Lipinski definition) is 2. The van der Waals surface area contributed by atoms with E-state index in [-0.39, 0.29) is 4.90 Å². The standard InChI is InChI=1S/C14H16ClN3O2S/c1-3-16-14-7-6-12(9-17-14)21(19,20)18-11-5-4-10(2)13(15)8-11/h4-9,18H,3H2,1-2H3,(H,16,17). The Balaban J connectivity index is 2.23. The highest BCUT2D eigenvalue weighted by atomic mass is 35.5. The van der Waals surface area contributed by atoms with Gasteiger partial charge in [0.1, 0.15) is 10.7 Å². The molecule has 2 aromatic rings. The summed E-state index contributed by atoms with van der Waals surface area (Å²) in [7, 11) is -3.67. The van der Waals surface area contributed by atoms with Crippen LogP contribution in [0.4, 0.5) is 11.5 Å². The normalized spacial score (nSPS) is 11.2. The molecule has 0 bridgehead atoms. The Morgan fingerprint density at radius 3 is 2.57 bits per heavy atom. The second-order valence-electron chi connectivity index (χ2n) is 4.48. The Morgan fingerprint density at radius 1 is 1.24 bits per heavy atom. The molecule has 0 aliphatic rings. The number of aromatic nitrogens is 1. The summed E-state index contributed by atoms with van der Waals surface area (Å²) in [4.78, 5) is 4.15. The predicted molar refractivity (Wildman–Crippen MR) is 85.4 cm³/mol. The molecule has 5 nitrogen and oxygen atoms in total. The second kappa shape index (κ2) is 6.32. The molecule has 0 saturated carbocycles. The highest BCUT2D eigenvalue weighted by molar-refractivity contribution is 7.92. The topological polar surface area (TPSA) is 71.1 Å². The van der Waals surface area contributed by atoms with Crippen LogP contribution in [0.15, 0.2) is 41.4 Å². The molecule has 1 heterocycles. The quantitative estimate of drug-likeness (QED) is 0.885. The molecule has 0 saturated heterocycles. The van der Waals surface area contributed by atoms with E-state index in [2.05, 4.69) is 15.0 Å². The van der Waals surface area contributed by atoms with Crippen LogP contribution in [0.25, 0.3) is 0 Å². The van der Waals surface area contributed by atoms with E-state index in [1.807, 2.05) is 13.8 Å². The summed E-state index contributed by atoms with van der Waals surface area (Å²) in [6.45, 7) is 4.51. The Kier molecular flexibility index (Phi) is 4.69. The molecule has 112 valence electrons. The van der Waals surface area contributed by atoms with E-state index >= 15 is 0 Å². The molecule has 0 atom stereocenters. The molecule has 0 spiro atoms. The van der Waals surface area contributed by atoms with Crippen LogP contribution in [0.5, 0.6) is 0 Å². The summed E-state index contributed by atoms with van der Waals surface area (Å²) in [6, 6.07) is 8.13. The summed E-state index contributed by atoms with van der Waals surface area (Å²) in [5.41, 5.74) is 1.30. The van der Waals surface area contributed by atoms with Crippen molar-refractivity contribution in [3.8, 4) is 0 Å². The summed E-state index contributed by atoms with van der Waals surface area (Å²) in [5.74, 6) is 0.634. The lowest BCUT2D eigenvalue weighted by atomic mass is 10.2. The maximum Gasteiger partial charge on any atom is 0.263 e. The molecule has 0 unspecified atom stereocenters. The molecular formula is C14H16ClN3O2S. The van der Waals surface area contributed by atoms with E-state index < -0.39 is 10.0 Å². The zero-order valence-electron chi connectivity index (χ0n) is 11.7. The van der Waals surface area contributed by atoms with Crippen molar-refractivity contribution in [2.45, 2.75) is 18.7 Å². The maximum atomic E-state index is 12.3. The SMILES string of the molecule is CCNc1ccc(S(=O)(=O)Nc2ccc(C)c(Cl)c2)cn1. The molecule has 21 heavy (non-hydrogen) atoms. The number of rotatable bonds is 5. The van der Waals surface area contributed by atoms with Gasteiger partial charge in [0.2, 0.25) is 0 Å². The summed E-state index contributed by atoms with van der Waals surface area (Å²) in [6.07, 6.45) is 1.32. The van der Waals surface area contributed by atoms with E-state index in [0.717, 1.165) is 12.1 Å². The largest absolute Gasteiger partial charge is 0.370 e. The number of halogens is 1. The first-order valence-electron chi connectivity index (χ1n) is 6.41. The van der Waals surface area contributed by atoms with Gasteiger partial charge >= 0.3 is 0 Å². The van der Waals surface area contributed by atoms with Crippen LogP contribution in [0.1, 0.15) is 12.5 Å². The molecule has 0 radical (unpaired) electrons. The average molecular weight is 326 g/mol. The predicted octanol–water partition coefficient (Wildman–Crippen LogP) is 3.28. The van der Waals surface area contributed by atoms with Crippen molar-refractivity contribution in [3.63, 3.8) is 0 Å². The molecule has 7 heteroatoms. The van der Waals surface area contributed by atoms with Gasteiger partial charge in [-0.05, 0) is 43.7 Å². The number of aryl methyl sites for hydroxylation is 1. The zero-order valence-corrected chi connectivity index (χ0v) is 13.3. The van der Waals surface area contributed by atoms with Crippen molar-refractivity contribution in [3.05, 3.63) is 47.1 Å². The van der Waals surface area contributed by atoms with Gasteiger partial charge in [0.25, 0.3) is 10.0 Å². The molecule has 0 amide bonds. The Hall–Kier alpha value is -1.79. The minimum atomic E-state index is -3.67. The number of nitrogens with one attached hydrogen (secondary N) is 2. The van der Waals surface area contributed by atoms with Gasteiger partial charge in [-0.25, -0.2) is 13.4 Å². The van der Waals surface area contributed by atoms with Gasteiger partial charge < -0.3 is 5.32 Å². The van der Waals surface area contributed by atoms with Gasteiger partial charge in [-0.1, -0.05) is 17.7 Å². The minimum Gasteiger partial charge on any atom is -0.370 e. The third-order valence-corrected chi connectivity index (χ3v) is 4.60. The lowest BCUT2D eigenvalue weighted by Crippen LogP contribution is -2.13. The van der Waals surface area contributed by atoms with Crippen LogP contribution in [0.2, 0.25) is 5.02 Å². The Bertz CT molecular complexity index is 730. The average Bonchev–Trinajstić information content (AvgIpc) is 2.44. The smallest absolute Gasteiger partial charge is 0.263 e. The third kappa shape index (κ3) is 3.86. The molecular weight excluding hydrogens is 310 g/mol. The molecule has 1 aromatic heterocycles. The molecule has 1 aromatic carbocycles. The summed E-state index contributed by atoms with van der Waals surface area (Å²) >= 11 is 5.99. The first-order chi connectivity index (χ1) is 9.92. The number of benzene rings is 1. The molecule has 0 aliphatic heterocycles. The van der Waals surface area contributed by atoms with Crippen molar-refractivity contribution in [1.82, 2.24) is 4.98 Å². The highest BCUT2D eigenvalue weighted by Crippen LogP contribution is 2.22. The van der Waals surface area contributed by atoms with Crippen molar-refractivity contribution in [2.75, 3.05) is 16.6 Å². The van der Waals surface area contributed by atoms with E-state index in [0.29, 0.717) is 16.5 Å².